The third kappa shape index (κ3) is 3.56. The van der Waals surface area contributed by atoms with Crippen molar-refractivity contribution >= 4 is 0 Å². The first-order valence-electron chi connectivity index (χ1n) is 5.73. The minimum Gasteiger partial charge on any atom is -0.380 e. The summed E-state index contributed by atoms with van der Waals surface area (Å²) < 4.78 is 5.58. The molecular weight excluding hydrogens is 176 g/mol. The standard InChI is InChI=1S/C11H22N2O/c1-13(9-11(12)4-5-11)6-7-14-8-10-2-3-10/h10H,2-9,12H2,1H3. The lowest BCUT2D eigenvalue weighted by Crippen LogP contribution is -2.38. The summed E-state index contributed by atoms with van der Waals surface area (Å²) in [6.07, 6.45) is 5.14. The van der Waals surface area contributed by atoms with Crippen LogP contribution < -0.4 is 5.73 Å². The highest BCUT2D eigenvalue weighted by Gasteiger charge is 2.38. The van der Waals surface area contributed by atoms with Crippen LogP contribution in [0.4, 0.5) is 0 Å². The molecule has 2 rings (SSSR count). The highest BCUT2D eigenvalue weighted by Crippen LogP contribution is 2.32. The summed E-state index contributed by atoms with van der Waals surface area (Å²) in [5.41, 5.74) is 6.17. The molecule has 0 aliphatic heterocycles. The van der Waals surface area contributed by atoms with Gasteiger partial charge in [-0.1, -0.05) is 0 Å². The topological polar surface area (TPSA) is 38.5 Å². The molecule has 0 heterocycles. The van der Waals surface area contributed by atoms with Crippen LogP contribution in [0.25, 0.3) is 0 Å². The molecule has 0 atom stereocenters. The maximum atomic E-state index is 6.03. The fraction of sp³-hybridized carbons (Fsp3) is 1.00. The van der Waals surface area contributed by atoms with E-state index in [1.807, 2.05) is 0 Å². The first-order valence-corrected chi connectivity index (χ1v) is 5.73. The molecule has 0 spiro atoms. The molecule has 0 saturated heterocycles. The van der Waals surface area contributed by atoms with E-state index >= 15 is 0 Å². The zero-order chi connectivity index (χ0) is 10.0. The zero-order valence-corrected chi connectivity index (χ0v) is 9.17. The van der Waals surface area contributed by atoms with Crippen molar-refractivity contribution in [2.24, 2.45) is 11.7 Å². The van der Waals surface area contributed by atoms with Gasteiger partial charge in [-0.15, -0.1) is 0 Å². The van der Waals surface area contributed by atoms with Gasteiger partial charge in [0, 0.05) is 25.2 Å². The number of nitrogens with two attached hydrogens (primary N) is 1. The highest BCUT2D eigenvalue weighted by atomic mass is 16.5. The zero-order valence-electron chi connectivity index (χ0n) is 9.17. The third-order valence-electron chi connectivity index (χ3n) is 3.14. The Morgan fingerprint density at radius 1 is 1.43 bits per heavy atom. The van der Waals surface area contributed by atoms with Gasteiger partial charge in [-0.25, -0.2) is 0 Å². The maximum Gasteiger partial charge on any atom is 0.0593 e. The monoisotopic (exact) mass is 198 g/mol. The van der Waals surface area contributed by atoms with Crippen LogP contribution in [0.3, 0.4) is 0 Å². The van der Waals surface area contributed by atoms with Crippen LogP contribution in [0, 0.1) is 5.92 Å². The van der Waals surface area contributed by atoms with E-state index in [4.69, 9.17) is 10.5 Å². The summed E-state index contributed by atoms with van der Waals surface area (Å²) >= 11 is 0. The third-order valence-corrected chi connectivity index (χ3v) is 3.14. The van der Waals surface area contributed by atoms with Crippen LogP contribution in [-0.4, -0.2) is 43.8 Å². The molecule has 0 aromatic rings. The van der Waals surface area contributed by atoms with Crippen molar-refractivity contribution in [1.29, 1.82) is 0 Å². The molecule has 2 aliphatic carbocycles. The Morgan fingerprint density at radius 3 is 2.71 bits per heavy atom. The lowest BCUT2D eigenvalue weighted by atomic mass is 10.3. The molecule has 3 nitrogen and oxygen atoms in total. The van der Waals surface area contributed by atoms with Crippen LogP contribution in [0.2, 0.25) is 0 Å². The van der Waals surface area contributed by atoms with Crippen molar-refractivity contribution < 1.29 is 4.74 Å². The summed E-state index contributed by atoms with van der Waals surface area (Å²) in [4.78, 5) is 2.29. The molecule has 2 aliphatic rings. The van der Waals surface area contributed by atoms with Gasteiger partial charge in [0.25, 0.3) is 0 Å². The van der Waals surface area contributed by atoms with Crippen molar-refractivity contribution in [3.8, 4) is 0 Å². The molecule has 14 heavy (non-hydrogen) atoms. The first kappa shape index (κ1) is 10.4. The van der Waals surface area contributed by atoms with Gasteiger partial charge in [-0.2, -0.15) is 0 Å². The number of ether oxygens (including phenoxy) is 1. The predicted molar refractivity (Wildman–Crippen MR) is 57.2 cm³/mol. The van der Waals surface area contributed by atoms with E-state index in [1.54, 1.807) is 0 Å². The number of likely N-dealkylation sites (N-methyl/N-ethyl adjacent to an activating group) is 1. The number of hydrogen-bond acceptors (Lipinski definition) is 3. The molecule has 3 heteroatoms. The SMILES string of the molecule is CN(CCOCC1CC1)CC1(N)CC1. The Kier molecular flexibility index (Phi) is 3.10. The number of rotatable bonds is 7. The molecule has 82 valence electrons. The molecule has 2 saturated carbocycles. The van der Waals surface area contributed by atoms with Crippen LogP contribution in [0.1, 0.15) is 25.7 Å². The summed E-state index contributed by atoms with van der Waals surface area (Å²) in [6.45, 7) is 3.89. The molecule has 0 aromatic heterocycles. The maximum absolute atomic E-state index is 6.03. The van der Waals surface area contributed by atoms with Gasteiger partial charge in [0.2, 0.25) is 0 Å². The second-order valence-electron chi connectivity index (χ2n) is 5.12. The van der Waals surface area contributed by atoms with Crippen LogP contribution >= 0.6 is 0 Å². The second-order valence-corrected chi connectivity index (χ2v) is 5.12. The molecule has 0 bridgehead atoms. The Labute approximate surface area is 86.6 Å². The van der Waals surface area contributed by atoms with Crippen molar-refractivity contribution in [1.82, 2.24) is 4.90 Å². The van der Waals surface area contributed by atoms with E-state index in [0.29, 0.717) is 0 Å². The Bertz CT molecular complexity index is 188. The van der Waals surface area contributed by atoms with Gasteiger partial charge in [0.1, 0.15) is 0 Å². The largest absolute Gasteiger partial charge is 0.380 e. The molecule has 0 unspecified atom stereocenters. The smallest absolute Gasteiger partial charge is 0.0593 e. The second kappa shape index (κ2) is 4.17. The normalized spacial score (nSPS) is 24.2. The molecule has 0 amide bonds. The lowest BCUT2D eigenvalue weighted by Gasteiger charge is -2.20. The fourth-order valence-electron chi connectivity index (χ4n) is 1.69. The molecule has 2 N–H and O–H groups in total. The van der Waals surface area contributed by atoms with E-state index in [1.165, 1.54) is 25.7 Å². The average Bonchev–Trinajstić information content (AvgIpc) is 2.98. The van der Waals surface area contributed by atoms with Gasteiger partial charge in [0.05, 0.1) is 6.61 Å². The van der Waals surface area contributed by atoms with Gasteiger partial charge in [0.15, 0.2) is 0 Å². The van der Waals surface area contributed by atoms with Gasteiger partial charge in [-0.3, -0.25) is 0 Å². The molecule has 0 aromatic carbocycles. The van der Waals surface area contributed by atoms with E-state index in [-0.39, 0.29) is 5.54 Å². The van der Waals surface area contributed by atoms with Crippen molar-refractivity contribution in [2.45, 2.75) is 31.2 Å². The summed E-state index contributed by atoms with van der Waals surface area (Å²) in [7, 11) is 2.13. The number of hydrogen-bond donors (Lipinski definition) is 1. The van der Waals surface area contributed by atoms with E-state index in [9.17, 15) is 0 Å². The van der Waals surface area contributed by atoms with Crippen molar-refractivity contribution in [3.05, 3.63) is 0 Å². The van der Waals surface area contributed by atoms with Gasteiger partial charge < -0.3 is 15.4 Å². The van der Waals surface area contributed by atoms with Crippen molar-refractivity contribution in [3.63, 3.8) is 0 Å². The highest BCUT2D eigenvalue weighted by molar-refractivity contribution is 5.00. The number of nitrogens with zero attached hydrogens (tertiary/aromatic N) is 1. The Hall–Kier alpha value is -0.120. The average molecular weight is 198 g/mol. The fourth-order valence-corrected chi connectivity index (χ4v) is 1.69. The summed E-state index contributed by atoms with van der Waals surface area (Å²) in [6, 6.07) is 0. The molecular formula is C11H22N2O. The van der Waals surface area contributed by atoms with Crippen LogP contribution in [-0.2, 0) is 4.74 Å². The minimum atomic E-state index is 0.144. The van der Waals surface area contributed by atoms with E-state index < -0.39 is 0 Å². The van der Waals surface area contributed by atoms with Crippen molar-refractivity contribution in [2.75, 3.05) is 33.4 Å². The van der Waals surface area contributed by atoms with Crippen LogP contribution in [0.5, 0.6) is 0 Å². The minimum absolute atomic E-state index is 0.144. The molecule has 0 radical (unpaired) electrons. The van der Waals surface area contributed by atoms with E-state index in [2.05, 4.69) is 11.9 Å². The van der Waals surface area contributed by atoms with Gasteiger partial charge >= 0.3 is 0 Å². The quantitative estimate of drug-likeness (QED) is 0.616. The Balaban J connectivity index is 1.46. The Morgan fingerprint density at radius 2 is 2.14 bits per heavy atom. The predicted octanol–water partition coefficient (Wildman–Crippen LogP) is 0.836. The first-order chi connectivity index (χ1) is 6.68. The lowest BCUT2D eigenvalue weighted by molar-refractivity contribution is 0.101. The summed E-state index contributed by atoms with van der Waals surface area (Å²) in [5.74, 6) is 0.879. The summed E-state index contributed by atoms with van der Waals surface area (Å²) in [5, 5.41) is 0. The molecule has 2 fully saturated rings. The van der Waals surface area contributed by atoms with Gasteiger partial charge in [-0.05, 0) is 38.6 Å². The van der Waals surface area contributed by atoms with Crippen LogP contribution in [0.15, 0.2) is 0 Å². The van der Waals surface area contributed by atoms with E-state index in [0.717, 1.165) is 32.2 Å².